The molecule has 3 nitrogen and oxygen atoms in total. The molecule has 0 radical (unpaired) electrons. The zero-order valence-electron chi connectivity index (χ0n) is 9.86. The van der Waals surface area contributed by atoms with Crippen molar-refractivity contribution in [3.8, 4) is 0 Å². The van der Waals surface area contributed by atoms with E-state index in [0.29, 0.717) is 0 Å². The van der Waals surface area contributed by atoms with E-state index in [1.165, 1.54) is 19.3 Å². The van der Waals surface area contributed by atoms with Crippen LogP contribution in [0.1, 0.15) is 42.5 Å². The summed E-state index contributed by atoms with van der Waals surface area (Å²) in [7, 11) is 0. The molecule has 92 valence electrons. The van der Waals surface area contributed by atoms with Gasteiger partial charge in [-0.1, -0.05) is 19.3 Å². The lowest BCUT2D eigenvalue weighted by atomic mass is 10.1. The minimum Gasteiger partial charge on any atom is -0.339 e. The highest BCUT2D eigenvalue weighted by Gasteiger charge is 2.16. The predicted octanol–water partition coefficient (Wildman–Crippen LogP) is 3.25. The average Bonchev–Trinajstić information content (AvgIpc) is 2.28. The van der Waals surface area contributed by atoms with Crippen LogP contribution in [0.25, 0.3) is 0 Å². The van der Waals surface area contributed by atoms with Gasteiger partial charge < -0.3 is 4.90 Å². The maximum Gasteiger partial charge on any atom is 0.254 e. The first kappa shape index (κ1) is 12.6. The van der Waals surface area contributed by atoms with Crippen LogP contribution in [-0.4, -0.2) is 28.9 Å². The van der Waals surface area contributed by atoms with Gasteiger partial charge in [-0.3, -0.25) is 4.79 Å². The molecule has 1 aliphatic heterocycles. The molecule has 0 atom stereocenters. The van der Waals surface area contributed by atoms with Crippen molar-refractivity contribution >= 4 is 21.8 Å². The molecule has 0 spiro atoms. The fourth-order valence-electron chi connectivity index (χ4n) is 2.17. The fraction of sp³-hybridized carbons (Fsp3) is 0.538. The van der Waals surface area contributed by atoms with Gasteiger partial charge in [-0.05, 0) is 40.9 Å². The number of nitrogens with zero attached hydrogens (tertiary/aromatic N) is 2. The Labute approximate surface area is 110 Å². The predicted molar refractivity (Wildman–Crippen MR) is 70.9 cm³/mol. The van der Waals surface area contributed by atoms with Crippen LogP contribution in [0.4, 0.5) is 0 Å². The molecule has 1 aliphatic rings. The molecule has 1 aromatic rings. The summed E-state index contributed by atoms with van der Waals surface area (Å²) in [6.07, 6.45) is 7.70. The van der Waals surface area contributed by atoms with Gasteiger partial charge in [0, 0.05) is 24.8 Å². The number of pyridine rings is 1. The molecule has 0 aliphatic carbocycles. The zero-order valence-corrected chi connectivity index (χ0v) is 11.4. The molecular formula is C13H17BrN2O. The van der Waals surface area contributed by atoms with Crippen molar-refractivity contribution in [3.05, 3.63) is 28.5 Å². The van der Waals surface area contributed by atoms with Crippen molar-refractivity contribution in [1.29, 1.82) is 0 Å². The van der Waals surface area contributed by atoms with E-state index in [0.717, 1.165) is 36.1 Å². The highest BCUT2D eigenvalue weighted by atomic mass is 79.9. The maximum absolute atomic E-state index is 12.3. The maximum atomic E-state index is 12.3. The molecule has 0 N–H and O–H groups in total. The number of hydrogen-bond acceptors (Lipinski definition) is 2. The van der Waals surface area contributed by atoms with E-state index in [1.54, 1.807) is 18.3 Å². The van der Waals surface area contributed by atoms with Crippen molar-refractivity contribution in [1.82, 2.24) is 9.88 Å². The van der Waals surface area contributed by atoms with E-state index in [1.807, 2.05) is 4.90 Å². The van der Waals surface area contributed by atoms with Gasteiger partial charge in [0.05, 0.1) is 0 Å². The Bertz CT molecular complexity index is 387. The minimum absolute atomic E-state index is 0.134. The van der Waals surface area contributed by atoms with Crippen LogP contribution in [0.2, 0.25) is 0 Å². The molecule has 2 heterocycles. The van der Waals surface area contributed by atoms with Crippen molar-refractivity contribution in [3.63, 3.8) is 0 Å². The highest BCUT2D eigenvalue weighted by molar-refractivity contribution is 9.10. The molecule has 0 aromatic carbocycles. The van der Waals surface area contributed by atoms with Gasteiger partial charge in [-0.15, -0.1) is 0 Å². The SMILES string of the molecule is O=C(c1ccnc(Br)c1)N1CCCCCCC1. The third kappa shape index (κ3) is 3.53. The molecule has 1 fully saturated rings. The first-order chi connectivity index (χ1) is 8.27. The topological polar surface area (TPSA) is 33.2 Å². The monoisotopic (exact) mass is 296 g/mol. The van der Waals surface area contributed by atoms with Gasteiger partial charge in [-0.2, -0.15) is 0 Å². The molecule has 4 heteroatoms. The van der Waals surface area contributed by atoms with E-state index >= 15 is 0 Å². The average molecular weight is 297 g/mol. The Hall–Kier alpha value is -0.900. The quantitative estimate of drug-likeness (QED) is 0.745. The van der Waals surface area contributed by atoms with Crippen LogP contribution in [-0.2, 0) is 0 Å². The smallest absolute Gasteiger partial charge is 0.254 e. The summed E-state index contributed by atoms with van der Waals surface area (Å²) in [6.45, 7) is 1.78. The van der Waals surface area contributed by atoms with Crippen molar-refractivity contribution in [2.75, 3.05) is 13.1 Å². The van der Waals surface area contributed by atoms with Crippen molar-refractivity contribution in [2.45, 2.75) is 32.1 Å². The van der Waals surface area contributed by atoms with Gasteiger partial charge >= 0.3 is 0 Å². The number of hydrogen-bond donors (Lipinski definition) is 0. The minimum atomic E-state index is 0.134. The van der Waals surface area contributed by atoms with E-state index in [4.69, 9.17) is 0 Å². The molecule has 0 unspecified atom stereocenters. The first-order valence-corrected chi connectivity index (χ1v) is 6.97. The second-order valence-electron chi connectivity index (χ2n) is 4.43. The molecule has 0 bridgehead atoms. The summed E-state index contributed by atoms with van der Waals surface area (Å²) in [4.78, 5) is 18.3. The van der Waals surface area contributed by atoms with Crippen molar-refractivity contribution < 1.29 is 4.79 Å². The van der Waals surface area contributed by atoms with Crippen LogP contribution in [0, 0.1) is 0 Å². The van der Waals surface area contributed by atoms with Crippen molar-refractivity contribution in [2.24, 2.45) is 0 Å². The lowest BCUT2D eigenvalue weighted by Gasteiger charge is -2.24. The Morgan fingerprint density at radius 3 is 2.47 bits per heavy atom. The number of likely N-dealkylation sites (tertiary alicyclic amines) is 1. The lowest BCUT2D eigenvalue weighted by molar-refractivity contribution is 0.0742. The number of amides is 1. The van der Waals surface area contributed by atoms with Crippen LogP contribution < -0.4 is 0 Å². The van der Waals surface area contributed by atoms with Gasteiger partial charge in [0.15, 0.2) is 0 Å². The summed E-state index contributed by atoms with van der Waals surface area (Å²) in [5.74, 6) is 0.134. The molecule has 1 saturated heterocycles. The van der Waals surface area contributed by atoms with E-state index in [9.17, 15) is 4.79 Å². The third-order valence-electron chi connectivity index (χ3n) is 3.12. The summed E-state index contributed by atoms with van der Waals surface area (Å²) in [6, 6.07) is 3.58. The molecule has 2 rings (SSSR count). The normalized spacial score (nSPS) is 17.4. The number of halogens is 1. The van der Waals surface area contributed by atoms with Crippen LogP contribution in [0.15, 0.2) is 22.9 Å². The summed E-state index contributed by atoms with van der Waals surface area (Å²) >= 11 is 3.30. The first-order valence-electron chi connectivity index (χ1n) is 6.18. The molecule has 1 aromatic heterocycles. The Balaban J connectivity index is 2.07. The van der Waals surface area contributed by atoms with Crippen LogP contribution >= 0.6 is 15.9 Å². The number of carbonyl (C=O) groups is 1. The van der Waals surface area contributed by atoms with E-state index in [-0.39, 0.29) is 5.91 Å². The molecule has 17 heavy (non-hydrogen) atoms. The molecular weight excluding hydrogens is 280 g/mol. The lowest BCUT2D eigenvalue weighted by Crippen LogP contribution is -2.33. The number of carbonyl (C=O) groups excluding carboxylic acids is 1. The molecule has 0 saturated carbocycles. The second kappa shape index (κ2) is 6.15. The summed E-state index contributed by atoms with van der Waals surface area (Å²) < 4.78 is 0.718. The Morgan fingerprint density at radius 2 is 1.82 bits per heavy atom. The zero-order chi connectivity index (χ0) is 12.1. The van der Waals surface area contributed by atoms with Gasteiger partial charge in [-0.25, -0.2) is 4.98 Å². The fourth-order valence-corrected chi connectivity index (χ4v) is 2.53. The Kier molecular flexibility index (Phi) is 4.54. The van der Waals surface area contributed by atoms with E-state index < -0.39 is 0 Å². The summed E-state index contributed by atoms with van der Waals surface area (Å²) in [5.41, 5.74) is 0.729. The largest absolute Gasteiger partial charge is 0.339 e. The van der Waals surface area contributed by atoms with Crippen LogP contribution in [0.5, 0.6) is 0 Å². The number of rotatable bonds is 1. The Morgan fingerprint density at radius 1 is 1.18 bits per heavy atom. The van der Waals surface area contributed by atoms with Crippen LogP contribution in [0.3, 0.4) is 0 Å². The van der Waals surface area contributed by atoms with Gasteiger partial charge in [0.1, 0.15) is 4.60 Å². The number of aromatic nitrogens is 1. The van der Waals surface area contributed by atoms with Gasteiger partial charge in [0.2, 0.25) is 0 Å². The van der Waals surface area contributed by atoms with E-state index in [2.05, 4.69) is 20.9 Å². The highest BCUT2D eigenvalue weighted by Crippen LogP contribution is 2.15. The summed E-state index contributed by atoms with van der Waals surface area (Å²) in [5, 5.41) is 0. The second-order valence-corrected chi connectivity index (χ2v) is 5.24. The molecule has 1 amide bonds. The van der Waals surface area contributed by atoms with Gasteiger partial charge in [0.25, 0.3) is 5.91 Å². The standard InChI is InChI=1S/C13H17BrN2O/c14-12-10-11(6-7-15-12)13(17)16-8-4-2-1-3-5-9-16/h6-7,10H,1-5,8-9H2. The third-order valence-corrected chi connectivity index (χ3v) is 3.55.